The molecule has 0 aliphatic rings. The highest BCUT2D eigenvalue weighted by Gasteiger charge is 2.15. The van der Waals surface area contributed by atoms with Crippen LogP contribution in [0.25, 0.3) is 0 Å². The molecule has 0 saturated carbocycles. The molecule has 1 nitrogen and oxygen atoms in total. The van der Waals surface area contributed by atoms with Gasteiger partial charge in [-0.05, 0) is 30.6 Å². The first-order valence-corrected chi connectivity index (χ1v) is 6.37. The summed E-state index contributed by atoms with van der Waals surface area (Å²) in [4.78, 5) is 11.3. The van der Waals surface area contributed by atoms with Crippen LogP contribution in [0.5, 0.6) is 0 Å². The summed E-state index contributed by atoms with van der Waals surface area (Å²) in [5.41, 5.74) is 0.423. The SMILES string of the molecule is CCCC(=O)CCCC(C)CC(C)(C)C. The van der Waals surface area contributed by atoms with E-state index in [-0.39, 0.29) is 0 Å². The van der Waals surface area contributed by atoms with Gasteiger partial charge in [0.1, 0.15) is 5.78 Å². The molecular weight excluding hydrogens is 184 g/mol. The number of hydrogen-bond acceptors (Lipinski definition) is 1. The predicted octanol–water partition coefficient (Wildman–Crippen LogP) is 4.60. The van der Waals surface area contributed by atoms with E-state index < -0.39 is 0 Å². The second kappa shape index (κ2) is 7.03. The first kappa shape index (κ1) is 14.7. The molecule has 0 aromatic heterocycles. The standard InChI is InChI=1S/C14H28O/c1-6-8-13(15)10-7-9-12(2)11-14(3,4)5/h12H,6-11H2,1-5H3. The number of ketones is 1. The van der Waals surface area contributed by atoms with Gasteiger partial charge in [-0.1, -0.05) is 41.0 Å². The second-order valence-electron chi connectivity index (χ2n) is 6.05. The average molecular weight is 212 g/mol. The van der Waals surface area contributed by atoms with Crippen molar-refractivity contribution in [2.24, 2.45) is 11.3 Å². The van der Waals surface area contributed by atoms with E-state index in [0.717, 1.165) is 31.6 Å². The molecule has 1 atom stereocenters. The Morgan fingerprint density at radius 3 is 2.27 bits per heavy atom. The first-order chi connectivity index (χ1) is 6.85. The minimum atomic E-state index is 0.423. The summed E-state index contributed by atoms with van der Waals surface area (Å²) in [6.45, 7) is 11.2. The number of hydrogen-bond donors (Lipinski definition) is 0. The second-order valence-corrected chi connectivity index (χ2v) is 6.05. The Kier molecular flexibility index (Phi) is 6.87. The summed E-state index contributed by atoms with van der Waals surface area (Å²) >= 11 is 0. The van der Waals surface area contributed by atoms with Crippen LogP contribution < -0.4 is 0 Å². The van der Waals surface area contributed by atoms with Crippen LogP contribution in [-0.2, 0) is 4.79 Å². The summed E-state index contributed by atoms with van der Waals surface area (Å²) < 4.78 is 0. The smallest absolute Gasteiger partial charge is 0.132 e. The molecule has 0 saturated heterocycles. The minimum absolute atomic E-state index is 0.423. The van der Waals surface area contributed by atoms with E-state index in [0.29, 0.717) is 11.2 Å². The zero-order valence-electron chi connectivity index (χ0n) is 11.2. The van der Waals surface area contributed by atoms with Crippen LogP contribution in [0.4, 0.5) is 0 Å². The van der Waals surface area contributed by atoms with Crippen LogP contribution in [-0.4, -0.2) is 5.78 Å². The number of rotatable bonds is 7. The molecule has 0 rings (SSSR count). The van der Waals surface area contributed by atoms with Crippen LogP contribution in [0, 0.1) is 11.3 Å². The lowest BCUT2D eigenvalue weighted by atomic mass is 9.83. The molecule has 0 aliphatic heterocycles. The average Bonchev–Trinajstić information content (AvgIpc) is 2.00. The van der Waals surface area contributed by atoms with Gasteiger partial charge in [0, 0.05) is 12.8 Å². The zero-order chi connectivity index (χ0) is 11.9. The lowest BCUT2D eigenvalue weighted by molar-refractivity contribution is -0.119. The summed E-state index contributed by atoms with van der Waals surface area (Å²) in [7, 11) is 0. The summed E-state index contributed by atoms with van der Waals surface area (Å²) in [6.07, 6.45) is 6.10. The Hall–Kier alpha value is -0.330. The fourth-order valence-corrected chi connectivity index (χ4v) is 2.20. The Bertz CT molecular complexity index is 176. The maximum Gasteiger partial charge on any atom is 0.132 e. The fraction of sp³-hybridized carbons (Fsp3) is 0.929. The van der Waals surface area contributed by atoms with Crippen LogP contribution >= 0.6 is 0 Å². The maximum atomic E-state index is 11.3. The van der Waals surface area contributed by atoms with E-state index in [4.69, 9.17) is 0 Å². The van der Waals surface area contributed by atoms with Gasteiger partial charge in [0.05, 0.1) is 0 Å². The summed E-state index contributed by atoms with van der Waals surface area (Å²) in [6, 6.07) is 0. The van der Waals surface area contributed by atoms with Gasteiger partial charge in [-0.3, -0.25) is 4.79 Å². The van der Waals surface area contributed by atoms with Crippen molar-refractivity contribution in [3.05, 3.63) is 0 Å². The van der Waals surface area contributed by atoms with E-state index in [1.165, 1.54) is 12.8 Å². The molecule has 0 bridgehead atoms. The molecule has 0 spiro atoms. The van der Waals surface area contributed by atoms with Crippen molar-refractivity contribution in [2.75, 3.05) is 0 Å². The van der Waals surface area contributed by atoms with Gasteiger partial charge in [-0.25, -0.2) is 0 Å². The highest BCUT2D eigenvalue weighted by atomic mass is 16.1. The molecule has 0 fully saturated rings. The third kappa shape index (κ3) is 9.96. The van der Waals surface area contributed by atoms with Crippen molar-refractivity contribution in [1.82, 2.24) is 0 Å². The molecule has 0 N–H and O–H groups in total. The van der Waals surface area contributed by atoms with E-state index in [9.17, 15) is 4.79 Å². The molecule has 0 amide bonds. The van der Waals surface area contributed by atoms with Gasteiger partial charge in [-0.2, -0.15) is 0 Å². The Labute approximate surface area is 95.6 Å². The highest BCUT2D eigenvalue weighted by Crippen LogP contribution is 2.26. The molecule has 15 heavy (non-hydrogen) atoms. The van der Waals surface area contributed by atoms with Crippen LogP contribution in [0.1, 0.15) is 73.1 Å². The van der Waals surface area contributed by atoms with Gasteiger partial charge in [0.15, 0.2) is 0 Å². The van der Waals surface area contributed by atoms with Gasteiger partial charge >= 0.3 is 0 Å². The predicted molar refractivity (Wildman–Crippen MR) is 67.0 cm³/mol. The molecule has 1 heteroatoms. The monoisotopic (exact) mass is 212 g/mol. The molecule has 0 aliphatic carbocycles. The number of Topliss-reactive ketones (excluding diaryl/α,β-unsaturated/α-hetero) is 1. The molecule has 0 heterocycles. The van der Waals surface area contributed by atoms with Crippen molar-refractivity contribution in [3.8, 4) is 0 Å². The van der Waals surface area contributed by atoms with E-state index in [1.807, 2.05) is 0 Å². The molecule has 0 aromatic rings. The minimum Gasteiger partial charge on any atom is -0.300 e. The Morgan fingerprint density at radius 2 is 1.80 bits per heavy atom. The number of carbonyl (C=O) groups excluding carboxylic acids is 1. The molecule has 90 valence electrons. The van der Waals surface area contributed by atoms with Crippen LogP contribution in [0.15, 0.2) is 0 Å². The third-order valence-electron chi connectivity index (χ3n) is 2.64. The largest absolute Gasteiger partial charge is 0.300 e. The van der Waals surface area contributed by atoms with Crippen molar-refractivity contribution >= 4 is 5.78 Å². The third-order valence-corrected chi connectivity index (χ3v) is 2.64. The quantitative estimate of drug-likeness (QED) is 0.603. The lowest BCUT2D eigenvalue weighted by Gasteiger charge is -2.23. The van der Waals surface area contributed by atoms with E-state index >= 15 is 0 Å². The van der Waals surface area contributed by atoms with Gasteiger partial charge in [-0.15, -0.1) is 0 Å². The van der Waals surface area contributed by atoms with Crippen molar-refractivity contribution in [1.29, 1.82) is 0 Å². The highest BCUT2D eigenvalue weighted by molar-refractivity contribution is 5.78. The van der Waals surface area contributed by atoms with Crippen LogP contribution in [0.2, 0.25) is 0 Å². The normalized spacial score (nSPS) is 13.9. The van der Waals surface area contributed by atoms with Crippen LogP contribution in [0.3, 0.4) is 0 Å². The number of carbonyl (C=O) groups is 1. The van der Waals surface area contributed by atoms with E-state index in [2.05, 4.69) is 34.6 Å². The topological polar surface area (TPSA) is 17.1 Å². The fourth-order valence-electron chi connectivity index (χ4n) is 2.20. The van der Waals surface area contributed by atoms with Gasteiger partial charge in [0.25, 0.3) is 0 Å². The molecule has 1 unspecified atom stereocenters. The van der Waals surface area contributed by atoms with Crippen molar-refractivity contribution in [2.45, 2.75) is 73.1 Å². The molecule has 0 radical (unpaired) electrons. The first-order valence-electron chi connectivity index (χ1n) is 6.37. The summed E-state index contributed by atoms with van der Waals surface area (Å²) in [5, 5.41) is 0. The van der Waals surface area contributed by atoms with Crippen molar-refractivity contribution < 1.29 is 4.79 Å². The molecule has 0 aromatic carbocycles. The van der Waals surface area contributed by atoms with Gasteiger partial charge < -0.3 is 0 Å². The van der Waals surface area contributed by atoms with Gasteiger partial charge in [0.2, 0.25) is 0 Å². The Balaban J connectivity index is 3.55. The zero-order valence-corrected chi connectivity index (χ0v) is 11.2. The van der Waals surface area contributed by atoms with E-state index in [1.54, 1.807) is 0 Å². The maximum absolute atomic E-state index is 11.3. The Morgan fingerprint density at radius 1 is 1.20 bits per heavy atom. The lowest BCUT2D eigenvalue weighted by Crippen LogP contribution is -2.11. The van der Waals surface area contributed by atoms with Crippen molar-refractivity contribution in [3.63, 3.8) is 0 Å². The molecular formula is C14H28O. The summed E-state index contributed by atoms with van der Waals surface area (Å²) in [5.74, 6) is 1.19.